The van der Waals surface area contributed by atoms with Crippen molar-refractivity contribution in [1.82, 2.24) is 14.4 Å². The number of piperidine rings is 1. The number of rotatable bonds is 6. The number of aromatic nitrogens is 1. The first-order valence-electron chi connectivity index (χ1n) is 10.9. The van der Waals surface area contributed by atoms with E-state index in [9.17, 15) is 4.79 Å². The normalized spacial score (nSPS) is 21.2. The number of hydrogen-bond acceptors (Lipinski definition) is 4. The molecule has 6 nitrogen and oxygen atoms in total. The van der Waals surface area contributed by atoms with Crippen LogP contribution in [0, 0.1) is 0 Å². The SMILES string of the molecule is CC(C)N1CCC(Oc2ccc3c(c2)cc2n3[C@H](C)CN(CCCO)C2=O)CC1. The minimum absolute atomic E-state index is 0.0521. The molecule has 0 saturated carbocycles. The van der Waals surface area contributed by atoms with Crippen molar-refractivity contribution in [1.29, 1.82) is 0 Å². The van der Waals surface area contributed by atoms with Crippen molar-refractivity contribution in [2.75, 3.05) is 32.8 Å². The highest BCUT2D eigenvalue weighted by Crippen LogP contribution is 2.32. The Bertz CT molecular complexity index is 868. The van der Waals surface area contributed by atoms with Crippen LogP contribution in [0.3, 0.4) is 0 Å². The number of likely N-dealkylation sites (tertiary alicyclic amines) is 1. The summed E-state index contributed by atoms with van der Waals surface area (Å²) in [5.41, 5.74) is 1.82. The van der Waals surface area contributed by atoms with Crippen LogP contribution in [0.5, 0.6) is 5.75 Å². The fourth-order valence-electron chi connectivity index (χ4n) is 4.73. The van der Waals surface area contributed by atoms with Gasteiger partial charge in [0.2, 0.25) is 0 Å². The van der Waals surface area contributed by atoms with Crippen LogP contribution in [0.1, 0.15) is 56.6 Å². The Morgan fingerprint density at radius 2 is 1.97 bits per heavy atom. The van der Waals surface area contributed by atoms with Gasteiger partial charge in [0, 0.05) is 55.8 Å². The maximum Gasteiger partial charge on any atom is 0.270 e. The molecule has 1 aromatic heterocycles. The highest BCUT2D eigenvalue weighted by molar-refractivity contribution is 6.00. The summed E-state index contributed by atoms with van der Waals surface area (Å²) < 4.78 is 8.44. The Hall–Kier alpha value is -2.05. The maximum atomic E-state index is 12.9. The lowest BCUT2D eigenvalue weighted by atomic mass is 10.1. The molecule has 1 saturated heterocycles. The van der Waals surface area contributed by atoms with Gasteiger partial charge >= 0.3 is 0 Å². The minimum Gasteiger partial charge on any atom is -0.490 e. The van der Waals surface area contributed by atoms with Crippen molar-refractivity contribution in [2.45, 2.75) is 58.2 Å². The van der Waals surface area contributed by atoms with E-state index in [-0.39, 0.29) is 24.7 Å². The Labute approximate surface area is 173 Å². The number of aliphatic hydroxyl groups is 1. The van der Waals surface area contributed by atoms with Gasteiger partial charge in [-0.1, -0.05) is 0 Å². The van der Waals surface area contributed by atoms with E-state index in [1.807, 2.05) is 17.0 Å². The molecular weight excluding hydrogens is 366 g/mol. The van der Waals surface area contributed by atoms with Crippen molar-refractivity contribution in [3.05, 3.63) is 30.0 Å². The molecule has 158 valence electrons. The third kappa shape index (κ3) is 4.01. The summed E-state index contributed by atoms with van der Waals surface area (Å²) in [7, 11) is 0. The fraction of sp³-hybridized carbons (Fsp3) is 0.609. The van der Waals surface area contributed by atoms with Crippen molar-refractivity contribution in [3.63, 3.8) is 0 Å². The van der Waals surface area contributed by atoms with Gasteiger partial charge in [0.05, 0.1) is 0 Å². The monoisotopic (exact) mass is 399 g/mol. The summed E-state index contributed by atoms with van der Waals surface area (Å²) in [5, 5.41) is 10.2. The van der Waals surface area contributed by atoms with Crippen molar-refractivity contribution in [3.8, 4) is 5.75 Å². The molecule has 2 aliphatic heterocycles. The van der Waals surface area contributed by atoms with Crippen LogP contribution in [0.15, 0.2) is 24.3 Å². The van der Waals surface area contributed by atoms with E-state index < -0.39 is 0 Å². The van der Waals surface area contributed by atoms with Crippen molar-refractivity contribution >= 4 is 16.8 Å². The first-order chi connectivity index (χ1) is 14.0. The molecule has 2 aromatic rings. The largest absolute Gasteiger partial charge is 0.490 e. The molecule has 3 heterocycles. The number of aliphatic hydroxyl groups excluding tert-OH is 1. The number of benzene rings is 1. The van der Waals surface area contributed by atoms with Gasteiger partial charge in [0.15, 0.2) is 0 Å². The van der Waals surface area contributed by atoms with Crippen LogP contribution in [0.25, 0.3) is 10.9 Å². The average molecular weight is 400 g/mol. The van der Waals surface area contributed by atoms with Gasteiger partial charge < -0.3 is 24.2 Å². The molecule has 2 aliphatic rings. The van der Waals surface area contributed by atoms with Gasteiger partial charge in [0.1, 0.15) is 17.5 Å². The smallest absolute Gasteiger partial charge is 0.270 e. The van der Waals surface area contributed by atoms with E-state index >= 15 is 0 Å². The topological polar surface area (TPSA) is 57.9 Å². The van der Waals surface area contributed by atoms with E-state index in [1.165, 1.54) is 0 Å². The number of ether oxygens (including phenoxy) is 1. The Kier molecular flexibility index (Phi) is 5.83. The van der Waals surface area contributed by atoms with Gasteiger partial charge in [-0.2, -0.15) is 0 Å². The summed E-state index contributed by atoms with van der Waals surface area (Å²) in [4.78, 5) is 17.3. The molecule has 1 atom stereocenters. The standard InChI is InChI=1S/C23H33N3O3/c1-16(2)24-10-7-19(8-11-24)29-20-5-6-21-18(13-20)14-22-23(28)25(9-4-12-27)15-17(3)26(21)22/h5-6,13-14,16-17,19,27H,4,7-12,15H2,1-3H3/t17-/m1/s1. The van der Waals surface area contributed by atoms with Crippen LogP contribution >= 0.6 is 0 Å². The lowest BCUT2D eigenvalue weighted by molar-refractivity contribution is 0.0667. The lowest BCUT2D eigenvalue weighted by Gasteiger charge is -2.34. The molecule has 29 heavy (non-hydrogen) atoms. The predicted octanol–water partition coefficient (Wildman–Crippen LogP) is 3.29. The maximum absolute atomic E-state index is 12.9. The Morgan fingerprint density at radius 1 is 1.21 bits per heavy atom. The van der Waals surface area contributed by atoms with E-state index in [0.29, 0.717) is 25.6 Å². The quantitative estimate of drug-likeness (QED) is 0.810. The van der Waals surface area contributed by atoms with Gasteiger partial charge in [-0.25, -0.2) is 0 Å². The number of carbonyl (C=O) groups is 1. The Balaban J connectivity index is 1.52. The molecule has 6 heteroatoms. The molecule has 1 N–H and O–H groups in total. The first kappa shape index (κ1) is 20.2. The summed E-state index contributed by atoms with van der Waals surface area (Å²) in [5.74, 6) is 0.942. The van der Waals surface area contributed by atoms with Gasteiger partial charge in [0.25, 0.3) is 5.91 Å². The van der Waals surface area contributed by atoms with E-state index in [2.05, 4.69) is 42.4 Å². The second-order valence-corrected chi connectivity index (χ2v) is 8.74. The van der Waals surface area contributed by atoms with Gasteiger partial charge in [-0.05, 0) is 64.3 Å². The molecule has 0 spiro atoms. The summed E-state index contributed by atoms with van der Waals surface area (Å²) in [6.07, 6.45) is 2.98. The highest BCUT2D eigenvalue weighted by Gasteiger charge is 2.30. The fourth-order valence-corrected chi connectivity index (χ4v) is 4.73. The van der Waals surface area contributed by atoms with Crippen molar-refractivity contribution in [2.24, 2.45) is 0 Å². The van der Waals surface area contributed by atoms with E-state index in [4.69, 9.17) is 9.84 Å². The molecule has 0 bridgehead atoms. The zero-order valence-electron chi connectivity index (χ0n) is 17.8. The molecular formula is C23H33N3O3. The molecule has 1 fully saturated rings. The van der Waals surface area contributed by atoms with Crippen molar-refractivity contribution < 1.29 is 14.6 Å². The van der Waals surface area contributed by atoms with E-state index in [1.54, 1.807) is 0 Å². The molecule has 0 unspecified atom stereocenters. The second kappa shape index (κ2) is 8.36. The Morgan fingerprint density at radius 3 is 2.66 bits per heavy atom. The highest BCUT2D eigenvalue weighted by atomic mass is 16.5. The number of carbonyl (C=O) groups excluding carboxylic acids is 1. The zero-order chi connectivity index (χ0) is 20.5. The molecule has 0 radical (unpaired) electrons. The van der Waals surface area contributed by atoms with Crippen LogP contribution < -0.4 is 4.74 Å². The number of amides is 1. The predicted molar refractivity (Wildman–Crippen MR) is 115 cm³/mol. The number of hydrogen-bond donors (Lipinski definition) is 1. The molecule has 4 rings (SSSR count). The number of nitrogens with zero attached hydrogens (tertiary/aromatic N) is 3. The number of fused-ring (bicyclic) bond motifs is 3. The lowest BCUT2D eigenvalue weighted by Crippen LogP contribution is -2.42. The zero-order valence-corrected chi connectivity index (χ0v) is 17.8. The molecule has 1 aromatic carbocycles. The minimum atomic E-state index is 0.0521. The average Bonchev–Trinajstić information content (AvgIpc) is 3.09. The van der Waals surface area contributed by atoms with E-state index in [0.717, 1.165) is 48.3 Å². The molecule has 0 aliphatic carbocycles. The molecule has 1 amide bonds. The third-order valence-electron chi connectivity index (χ3n) is 6.34. The first-order valence-corrected chi connectivity index (χ1v) is 10.9. The summed E-state index contributed by atoms with van der Waals surface area (Å²) in [6.45, 7) is 10.2. The van der Waals surface area contributed by atoms with Crippen LogP contribution in [0.2, 0.25) is 0 Å². The van der Waals surface area contributed by atoms with Crippen LogP contribution in [-0.2, 0) is 0 Å². The van der Waals surface area contributed by atoms with Crippen LogP contribution in [-0.4, -0.2) is 70.3 Å². The second-order valence-electron chi connectivity index (χ2n) is 8.74. The van der Waals surface area contributed by atoms with Gasteiger partial charge in [-0.3, -0.25) is 4.79 Å². The summed E-state index contributed by atoms with van der Waals surface area (Å²) >= 11 is 0. The third-order valence-corrected chi connectivity index (χ3v) is 6.34. The summed E-state index contributed by atoms with van der Waals surface area (Å²) in [6, 6.07) is 9.01. The van der Waals surface area contributed by atoms with Gasteiger partial charge in [-0.15, -0.1) is 0 Å². The van der Waals surface area contributed by atoms with Crippen LogP contribution in [0.4, 0.5) is 0 Å².